The van der Waals surface area contributed by atoms with Crippen LogP contribution in [-0.4, -0.2) is 25.8 Å². The van der Waals surface area contributed by atoms with Crippen molar-refractivity contribution in [2.24, 2.45) is 0 Å². The minimum atomic E-state index is -0.329. The van der Waals surface area contributed by atoms with Crippen molar-refractivity contribution in [2.75, 3.05) is 14.2 Å². The van der Waals surface area contributed by atoms with E-state index in [4.69, 9.17) is 9.47 Å². The van der Waals surface area contributed by atoms with E-state index in [0.29, 0.717) is 12.0 Å². The van der Waals surface area contributed by atoms with Crippen LogP contribution in [0.3, 0.4) is 0 Å². The minimum Gasteiger partial charge on any atom is -0.490 e. The van der Waals surface area contributed by atoms with Gasteiger partial charge in [0.2, 0.25) is 23.1 Å². The zero-order valence-electron chi connectivity index (χ0n) is 17.5. The standard InChI is InChI=1S/C23H32O4/c1-16(2)9-7-10-17(3)11-8-12-18(4)13-14-19-15-20(24)22(26-5)23(27-6)21(19)25/h9,11,13,15H,7-8,10,12,14H2,1-6H3/b17-11+,18-13+. The Morgan fingerprint density at radius 3 is 1.96 bits per heavy atom. The highest BCUT2D eigenvalue weighted by atomic mass is 16.5. The first-order valence-electron chi connectivity index (χ1n) is 9.36. The first-order chi connectivity index (χ1) is 12.8. The molecule has 0 fully saturated rings. The number of rotatable bonds is 10. The maximum Gasteiger partial charge on any atom is 0.228 e. The van der Waals surface area contributed by atoms with E-state index in [1.807, 2.05) is 6.08 Å². The molecule has 0 amide bonds. The Balaban J connectivity index is 2.59. The highest BCUT2D eigenvalue weighted by Gasteiger charge is 2.29. The quantitative estimate of drug-likeness (QED) is 0.382. The molecule has 1 aliphatic rings. The van der Waals surface area contributed by atoms with Gasteiger partial charge >= 0.3 is 0 Å². The van der Waals surface area contributed by atoms with Crippen molar-refractivity contribution in [3.8, 4) is 0 Å². The van der Waals surface area contributed by atoms with Crippen LogP contribution >= 0.6 is 0 Å². The molecule has 0 aromatic heterocycles. The van der Waals surface area contributed by atoms with Gasteiger partial charge in [0, 0.05) is 5.57 Å². The molecule has 0 N–H and O–H groups in total. The summed E-state index contributed by atoms with van der Waals surface area (Å²) in [5, 5.41) is 0. The van der Waals surface area contributed by atoms with Gasteiger partial charge in [-0.1, -0.05) is 34.9 Å². The topological polar surface area (TPSA) is 52.6 Å². The molecule has 0 aromatic carbocycles. The molecule has 4 nitrogen and oxygen atoms in total. The van der Waals surface area contributed by atoms with Crippen LogP contribution in [0.25, 0.3) is 0 Å². The molecule has 0 saturated heterocycles. The second kappa shape index (κ2) is 11.4. The van der Waals surface area contributed by atoms with Crippen LogP contribution in [0.15, 0.2) is 58.1 Å². The lowest BCUT2D eigenvalue weighted by Gasteiger charge is -2.16. The average Bonchev–Trinajstić information content (AvgIpc) is 2.61. The average molecular weight is 373 g/mol. The maximum atomic E-state index is 12.4. The van der Waals surface area contributed by atoms with Gasteiger partial charge < -0.3 is 9.47 Å². The second-order valence-corrected chi connectivity index (χ2v) is 7.09. The maximum absolute atomic E-state index is 12.4. The molecule has 1 aliphatic carbocycles. The molecule has 0 aromatic rings. The van der Waals surface area contributed by atoms with Crippen LogP contribution in [-0.2, 0) is 19.1 Å². The van der Waals surface area contributed by atoms with Crippen molar-refractivity contribution in [3.63, 3.8) is 0 Å². The van der Waals surface area contributed by atoms with Crippen LogP contribution in [0, 0.1) is 0 Å². The molecule has 0 radical (unpaired) electrons. The lowest BCUT2D eigenvalue weighted by Crippen LogP contribution is -2.21. The molecule has 0 unspecified atom stereocenters. The number of ether oxygens (including phenoxy) is 2. The summed E-state index contributed by atoms with van der Waals surface area (Å²) >= 11 is 0. The Morgan fingerprint density at radius 2 is 1.41 bits per heavy atom. The van der Waals surface area contributed by atoms with Gasteiger partial charge in [0.1, 0.15) is 0 Å². The predicted molar refractivity (Wildman–Crippen MR) is 109 cm³/mol. The highest BCUT2D eigenvalue weighted by molar-refractivity contribution is 6.21. The zero-order chi connectivity index (χ0) is 20.4. The fraction of sp³-hybridized carbons (Fsp3) is 0.478. The van der Waals surface area contributed by atoms with E-state index in [2.05, 4.69) is 39.8 Å². The second-order valence-electron chi connectivity index (χ2n) is 7.09. The van der Waals surface area contributed by atoms with Crippen LogP contribution in [0.1, 0.15) is 59.8 Å². The molecule has 0 saturated carbocycles. The molecule has 0 spiro atoms. The lowest BCUT2D eigenvalue weighted by molar-refractivity contribution is -0.120. The molecule has 148 valence electrons. The molecular weight excluding hydrogens is 340 g/mol. The monoisotopic (exact) mass is 372 g/mol. The summed E-state index contributed by atoms with van der Waals surface area (Å²) in [5.74, 6) is -0.653. The summed E-state index contributed by atoms with van der Waals surface area (Å²) in [7, 11) is 2.73. The van der Waals surface area contributed by atoms with Crippen molar-refractivity contribution < 1.29 is 19.1 Å². The fourth-order valence-electron chi connectivity index (χ4n) is 2.80. The SMILES string of the molecule is COC1=C(OC)C(=O)C(C/C=C(\C)CC/C=C(\C)CCC=C(C)C)=CC1=O. The van der Waals surface area contributed by atoms with Gasteiger partial charge in [-0.15, -0.1) is 0 Å². The normalized spacial score (nSPS) is 15.7. The number of ketones is 2. The Labute approximate surface area is 163 Å². The molecule has 4 heteroatoms. The van der Waals surface area contributed by atoms with Gasteiger partial charge in [-0.05, 0) is 65.9 Å². The number of carbonyl (C=O) groups is 2. The van der Waals surface area contributed by atoms with Gasteiger partial charge in [0.05, 0.1) is 14.2 Å². The largest absolute Gasteiger partial charge is 0.490 e. The first-order valence-corrected chi connectivity index (χ1v) is 9.36. The Hall–Kier alpha value is -2.36. The van der Waals surface area contributed by atoms with Crippen molar-refractivity contribution in [2.45, 2.75) is 59.8 Å². The van der Waals surface area contributed by atoms with E-state index in [0.717, 1.165) is 25.7 Å². The third kappa shape index (κ3) is 7.41. The van der Waals surface area contributed by atoms with E-state index >= 15 is 0 Å². The molecule has 0 aliphatic heterocycles. The third-order valence-corrected chi connectivity index (χ3v) is 4.43. The van der Waals surface area contributed by atoms with E-state index in [1.165, 1.54) is 37.0 Å². The summed E-state index contributed by atoms with van der Waals surface area (Å²) < 4.78 is 10.0. The minimum absolute atomic E-state index is 0.0130. The van der Waals surface area contributed by atoms with Gasteiger partial charge in [0.15, 0.2) is 0 Å². The van der Waals surface area contributed by atoms with E-state index < -0.39 is 0 Å². The molecular formula is C23H32O4. The Bertz CT molecular complexity index is 711. The van der Waals surface area contributed by atoms with Crippen LogP contribution < -0.4 is 0 Å². The van der Waals surface area contributed by atoms with Gasteiger partial charge in [-0.3, -0.25) is 9.59 Å². The predicted octanol–water partition coefficient (Wildman–Crippen LogP) is 5.38. The molecule has 0 heterocycles. The van der Waals surface area contributed by atoms with Gasteiger partial charge in [-0.25, -0.2) is 0 Å². The Kier molecular flexibility index (Phi) is 9.55. The number of hydrogen-bond donors (Lipinski definition) is 0. The number of allylic oxidation sites excluding steroid dienone is 8. The summed E-state index contributed by atoms with van der Waals surface area (Å²) in [4.78, 5) is 24.5. The number of hydrogen-bond acceptors (Lipinski definition) is 4. The zero-order valence-corrected chi connectivity index (χ0v) is 17.5. The molecule has 27 heavy (non-hydrogen) atoms. The van der Waals surface area contributed by atoms with E-state index in [-0.39, 0.29) is 23.1 Å². The van der Waals surface area contributed by atoms with Crippen LogP contribution in [0.4, 0.5) is 0 Å². The van der Waals surface area contributed by atoms with E-state index in [9.17, 15) is 9.59 Å². The summed E-state index contributed by atoms with van der Waals surface area (Å²) in [6, 6.07) is 0. The molecule has 0 bridgehead atoms. The van der Waals surface area contributed by atoms with Gasteiger partial charge in [-0.2, -0.15) is 0 Å². The van der Waals surface area contributed by atoms with Crippen molar-refractivity contribution in [1.82, 2.24) is 0 Å². The lowest BCUT2D eigenvalue weighted by atomic mass is 9.96. The summed E-state index contributed by atoms with van der Waals surface area (Å²) in [5.41, 5.74) is 4.39. The van der Waals surface area contributed by atoms with Crippen molar-refractivity contribution in [1.29, 1.82) is 0 Å². The highest BCUT2D eigenvalue weighted by Crippen LogP contribution is 2.23. The molecule has 0 atom stereocenters. The smallest absolute Gasteiger partial charge is 0.228 e. The van der Waals surface area contributed by atoms with Gasteiger partial charge in [0.25, 0.3) is 0 Å². The first kappa shape index (κ1) is 22.7. The fourth-order valence-corrected chi connectivity index (χ4v) is 2.80. The van der Waals surface area contributed by atoms with E-state index in [1.54, 1.807) is 0 Å². The van der Waals surface area contributed by atoms with Crippen LogP contribution in [0.5, 0.6) is 0 Å². The Morgan fingerprint density at radius 1 is 0.852 bits per heavy atom. The third-order valence-electron chi connectivity index (χ3n) is 4.43. The number of carbonyl (C=O) groups excluding carboxylic acids is 2. The summed E-state index contributed by atoms with van der Waals surface area (Å²) in [6.45, 7) is 8.46. The number of Topliss-reactive ketones (excluding diaryl/α,β-unsaturated/α-hetero) is 1. The van der Waals surface area contributed by atoms with Crippen molar-refractivity contribution in [3.05, 3.63) is 58.1 Å². The van der Waals surface area contributed by atoms with Crippen LogP contribution in [0.2, 0.25) is 0 Å². The molecule has 1 rings (SSSR count). The van der Waals surface area contributed by atoms with Crippen molar-refractivity contribution >= 4 is 11.6 Å². The summed E-state index contributed by atoms with van der Waals surface area (Å²) in [6.07, 6.45) is 12.4. The number of methoxy groups -OCH3 is 2.